The molecule has 0 aliphatic carbocycles. The Labute approximate surface area is 117 Å². The molecule has 100 valence electrons. The Hall–Kier alpha value is -1.81. The highest BCUT2D eigenvalue weighted by atomic mass is 35.5. The molecule has 0 N–H and O–H groups in total. The number of nitrogens with zero attached hydrogens (tertiary/aromatic N) is 3. The molecule has 0 saturated heterocycles. The summed E-state index contributed by atoms with van der Waals surface area (Å²) in [5.41, 5.74) is -0.0340. The molecule has 1 aromatic heterocycles. The largest absolute Gasteiger partial charge is 0.439 e. The van der Waals surface area contributed by atoms with Gasteiger partial charge in [0.15, 0.2) is 0 Å². The maximum absolute atomic E-state index is 5.86. The zero-order valence-corrected chi connectivity index (χ0v) is 11.9. The number of halogens is 1. The van der Waals surface area contributed by atoms with E-state index in [-0.39, 0.29) is 5.41 Å². The van der Waals surface area contributed by atoms with Gasteiger partial charge in [0, 0.05) is 5.02 Å². The summed E-state index contributed by atoms with van der Waals surface area (Å²) < 4.78 is 7.45. The Morgan fingerprint density at radius 3 is 2.47 bits per heavy atom. The topological polar surface area (TPSA) is 39.9 Å². The second-order valence-electron chi connectivity index (χ2n) is 5.25. The minimum absolute atomic E-state index is 0.0340. The van der Waals surface area contributed by atoms with Crippen LogP contribution in [-0.4, -0.2) is 15.0 Å². The highest BCUT2D eigenvalue weighted by Crippen LogP contribution is 2.23. The van der Waals surface area contributed by atoms with Crippen LogP contribution in [0.2, 0.25) is 5.02 Å². The molecule has 0 spiro atoms. The molecule has 2 rings (SSSR count). The molecule has 1 heterocycles. The van der Waals surface area contributed by atoms with Gasteiger partial charge in [-0.15, -0.1) is 5.10 Å². The van der Waals surface area contributed by atoms with Gasteiger partial charge in [-0.2, -0.15) is 4.68 Å². The predicted molar refractivity (Wildman–Crippen MR) is 75.8 cm³/mol. The van der Waals surface area contributed by atoms with Crippen LogP contribution < -0.4 is 4.74 Å². The molecule has 0 amide bonds. The first-order chi connectivity index (χ1) is 8.94. The molecule has 0 saturated carbocycles. The van der Waals surface area contributed by atoms with Crippen molar-refractivity contribution in [3.63, 3.8) is 0 Å². The van der Waals surface area contributed by atoms with Crippen molar-refractivity contribution in [2.45, 2.75) is 20.8 Å². The third kappa shape index (κ3) is 4.10. The molecule has 0 atom stereocenters. The third-order valence-electron chi connectivity index (χ3n) is 2.24. The van der Waals surface area contributed by atoms with E-state index < -0.39 is 0 Å². The van der Waals surface area contributed by atoms with E-state index in [1.807, 2.05) is 18.2 Å². The predicted octanol–water partition coefficient (Wildman–Crippen LogP) is 3.86. The smallest absolute Gasteiger partial charge is 0.218 e. The molecule has 4 nitrogen and oxygen atoms in total. The first kappa shape index (κ1) is 13.6. The highest BCUT2D eigenvalue weighted by molar-refractivity contribution is 6.30. The number of hydrogen-bond donors (Lipinski definition) is 0. The van der Waals surface area contributed by atoms with Gasteiger partial charge in [-0.1, -0.05) is 37.6 Å². The van der Waals surface area contributed by atoms with Gasteiger partial charge in [-0.05, 0) is 35.8 Å². The Morgan fingerprint density at radius 1 is 1.26 bits per heavy atom. The van der Waals surface area contributed by atoms with Crippen LogP contribution in [0, 0.1) is 5.41 Å². The van der Waals surface area contributed by atoms with Crippen LogP contribution in [-0.2, 0) is 0 Å². The van der Waals surface area contributed by atoms with Crippen LogP contribution in [0.5, 0.6) is 5.75 Å². The van der Waals surface area contributed by atoms with E-state index in [1.54, 1.807) is 29.2 Å². The number of ether oxygens (including phenoxy) is 1. The lowest BCUT2D eigenvalue weighted by Gasteiger charge is -2.16. The number of allylic oxidation sites excluding steroid dienone is 1. The summed E-state index contributed by atoms with van der Waals surface area (Å²) in [5.74, 6) is 1.32. The lowest BCUT2D eigenvalue weighted by Crippen LogP contribution is -2.10. The molecule has 5 heteroatoms. The van der Waals surface area contributed by atoms with Crippen LogP contribution in [0.4, 0.5) is 0 Å². The fraction of sp³-hybridized carbons (Fsp3) is 0.286. The quantitative estimate of drug-likeness (QED) is 0.800. The molecule has 1 aromatic carbocycles. The van der Waals surface area contributed by atoms with E-state index in [0.29, 0.717) is 16.7 Å². The first-order valence-corrected chi connectivity index (χ1v) is 6.35. The number of aromatic nitrogens is 3. The van der Waals surface area contributed by atoms with Crippen LogP contribution in [0.25, 0.3) is 5.88 Å². The average molecular weight is 278 g/mol. The summed E-state index contributed by atoms with van der Waals surface area (Å²) in [6, 6.07) is 7.20. The summed E-state index contributed by atoms with van der Waals surface area (Å²) in [7, 11) is 0. The molecular weight excluding hydrogens is 262 g/mol. The standard InChI is InChI=1S/C14H16ClN3O/c1-14(2,3)10-13(18-9-8-16-17-18)19-12-6-4-11(15)5-7-12/h4-10H,1-3H3. The number of hydrogen-bond acceptors (Lipinski definition) is 3. The van der Waals surface area contributed by atoms with E-state index >= 15 is 0 Å². The van der Waals surface area contributed by atoms with Crippen LogP contribution in [0.1, 0.15) is 20.8 Å². The fourth-order valence-corrected chi connectivity index (χ4v) is 1.59. The summed E-state index contributed by atoms with van der Waals surface area (Å²) in [4.78, 5) is 0. The van der Waals surface area contributed by atoms with Crippen molar-refractivity contribution in [1.29, 1.82) is 0 Å². The van der Waals surface area contributed by atoms with Crippen LogP contribution >= 0.6 is 11.6 Å². The zero-order chi connectivity index (χ0) is 13.9. The van der Waals surface area contributed by atoms with E-state index in [4.69, 9.17) is 16.3 Å². The van der Waals surface area contributed by atoms with Crippen molar-refractivity contribution < 1.29 is 4.74 Å². The third-order valence-corrected chi connectivity index (χ3v) is 2.49. The molecule has 0 aliphatic rings. The molecule has 0 radical (unpaired) electrons. The van der Waals surface area contributed by atoms with Crippen molar-refractivity contribution in [3.05, 3.63) is 47.8 Å². The zero-order valence-electron chi connectivity index (χ0n) is 11.2. The van der Waals surface area contributed by atoms with E-state index in [1.165, 1.54) is 0 Å². The van der Waals surface area contributed by atoms with E-state index in [0.717, 1.165) is 0 Å². The minimum atomic E-state index is -0.0340. The molecule has 19 heavy (non-hydrogen) atoms. The number of benzene rings is 1. The molecule has 0 bridgehead atoms. The number of rotatable bonds is 3. The minimum Gasteiger partial charge on any atom is -0.439 e. The molecule has 2 aromatic rings. The molecule has 0 unspecified atom stereocenters. The highest BCUT2D eigenvalue weighted by Gasteiger charge is 2.12. The molecule has 0 aliphatic heterocycles. The Kier molecular flexibility index (Phi) is 3.90. The lowest BCUT2D eigenvalue weighted by atomic mass is 9.97. The average Bonchev–Trinajstić information content (AvgIpc) is 2.83. The van der Waals surface area contributed by atoms with Gasteiger partial charge >= 0.3 is 0 Å². The van der Waals surface area contributed by atoms with Crippen molar-refractivity contribution in [2.24, 2.45) is 5.41 Å². The van der Waals surface area contributed by atoms with Crippen molar-refractivity contribution in [1.82, 2.24) is 15.0 Å². The summed E-state index contributed by atoms with van der Waals surface area (Å²) in [6.45, 7) is 6.28. The second-order valence-corrected chi connectivity index (χ2v) is 5.69. The van der Waals surface area contributed by atoms with Crippen molar-refractivity contribution in [2.75, 3.05) is 0 Å². The van der Waals surface area contributed by atoms with Gasteiger partial charge in [-0.3, -0.25) is 0 Å². The summed E-state index contributed by atoms with van der Waals surface area (Å²) in [6.07, 6.45) is 5.35. The normalized spacial score (nSPS) is 12.5. The maximum Gasteiger partial charge on any atom is 0.218 e. The first-order valence-electron chi connectivity index (χ1n) is 5.97. The molecule has 0 fully saturated rings. The molecular formula is C14H16ClN3O. The Balaban J connectivity index is 2.29. The van der Waals surface area contributed by atoms with Crippen LogP contribution in [0.15, 0.2) is 42.7 Å². The van der Waals surface area contributed by atoms with E-state index in [9.17, 15) is 0 Å². The van der Waals surface area contributed by atoms with Gasteiger partial charge in [0.25, 0.3) is 0 Å². The SMILES string of the molecule is CC(C)(C)C=C(Oc1ccc(Cl)cc1)n1ccnn1. The van der Waals surface area contributed by atoms with Crippen LogP contribution in [0.3, 0.4) is 0 Å². The monoisotopic (exact) mass is 277 g/mol. The second kappa shape index (κ2) is 5.45. The Bertz CT molecular complexity index is 553. The van der Waals surface area contributed by atoms with Gasteiger partial charge in [0.1, 0.15) is 5.75 Å². The van der Waals surface area contributed by atoms with E-state index in [2.05, 4.69) is 31.1 Å². The van der Waals surface area contributed by atoms with Crippen molar-refractivity contribution >= 4 is 17.5 Å². The van der Waals surface area contributed by atoms with Gasteiger partial charge in [-0.25, -0.2) is 0 Å². The fourth-order valence-electron chi connectivity index (χ4n) is 1.46. The Morgan fingerprint density at radius 2 is 1.95 bits per heavy atom. The summed E-state index contributed by atoms with van der Waals surface area (Å²) in [5, 5.41) is 8.44. The maximum atomic E-state index is 5.86. The van der Waals surface area contributed by atoms with Gasteiger partial charge < -0.3 is 4.74 Å². The van der Waals surface area contributed by atoms with Crippen molar-refractivity contribution in [3.8, 4) is 5.75 Å². The van der Waals surface area contributed by atoms with Gasteiger partial charge in [0.2, 0.25) is 5.88 Å². The van der Waals surface area contributed by atoms with Gasteiger partial charge in [0.05, 0.1) is 12.4 Å². The summed E-state index contributed by atoms with van der Waals surface area (Å²) >= 11 is 5.86. The lowest BCUT2D eigenvalue weighted by molar-refractivity contribution is 0.440.